The van der Waals surface area contributed by atoms with Gasteiger partial charge in [-0.3, -0.25) is 4.98 Å². The molecule has 100 valence electrons. The van der Waals surface area contributed by atoms with Crippen LogP contribution in [0.1, 0.15) is 24.6 Å². The Morgan fingerprint density at radius 1 is 1.05 bits per heavy atom. The maximum atomic E-state index is 4.36. The van der Waals surface area contributed by atoms with Gasteiger partial charge in [0.2, 0.25) is 0 Å². The molecule has 0 atom stereocenters. The number of nitrogens with one attached hydrogen (secondary N) is 1. The summed E-state index contributed by atoms with van der Waals surface area (Å²) in [6.45, 7) is 5.01. The Hall–Kier alpha value is -1.69. The average Bonchev–Trinajstić information content (AvgIpc) is 2.46. The van der Waals surface area contributed by atoms with Crippen molar-refractivity contribution < 1.29 is 0 Å². The lowest BCUT2D eigenvalue weighted by Gasteiger charge is -2.04. The van der Waals surface area contributed by atoms with E-state index in [4.69, 9.17) is 0 Å². The van der Waals surface area contributed by atoms with Gasteiger partial charge in [-0.15, -0.1) is 0 Å². The molecular formula is C13H17N5S. The average molecular weight is 275 g/mol. The quantitative estimate of drug-likeness (QED) is 0.646. The summed E-state index contributed by atoms with van der Waals surface area (Å²) in [7, 11) is 0. The molecule has 2 aromatic heterocycles. The molecule has 6 heteroatoms. The number of aryl methyl sites for hydroxylation is 1. The number of nitrogens with zero attached hydrogens (tertiary/aromatic N) is 4. The second-order valence-corrected chi connectivity index (χ2v) is 5.09. The van der Waals surface area contributed by atoms with Crippen molar-refractivity contribution in [3.8, 4) is 0 Å². The minimum Gasteiger partial charge on any atom is -0.369 e. The van der Waals surface area contributed by atoms with Crippen molar-refractivity contribution in [2.24, 2.45) is 0 Å². The first-order valence-electron chi connectivity index (χ1n) is 6.24. The predicted molar refractivity (Wildman–Crippen MR) is 77.1 cm³/mol. The molecule has 2 rings (SSSR count). The van der Waals surface area contributed by atoms with Crippen molar-refractivity contribution in [1.29, 1.82) is 0 Å². The fourth-order valence-corrected chi connectivity index (χ4v) is 2.05. The lowest BCUT2D eigenvalue weighted by molar-refractivity contribution is 0.945. The lowest BCUT2D eigenvalue weighted by atomic mass is 10.4. The van der Waals surface area contributed by atoms with Gasteiger partial charge in [0.1, 0.15) is 5.82 Å². The Morgan fingerprint density at radius 2 is 1.84 bits per heavy atom. The van der Waals surface area contributed by atoms with Gasteiger partial charge in [-0.25, -0.2) is 15.0 Å². The molecule has 0 spiro atoms. The summed E-state index contributed by atoms with van der Waals surface area (Å²) in [6, 6.07) is 0. The Balaban J connectivity index is 1.87. The smallest absolute Gasteiger partial charge is 0.187 e. The number of anilines is 1. The Morgan fingerprint density at radius 3 is 2.47 bits per heavy atom. The van der Waals surface area contributed by atoms with E-state index in [1.165, 1.54) is 0 Å². The van der Waals surface area contributed by atoms with Gasteiger partial charge in [-0.1, -0.05) is 18.7 Å². The van der Waals surface area contributed by atoms with E-state index in [1.807, 2.05) is 19.3 Å². The maximum absolute atomic E-state index is 4.36. The molecule has 0 amide bonds. The number of rotatable bonds is 6. The second kappa shape index (κ2) is 7.04. The van der Waals surface area contributed by atoms with E-state index in [2.05, 4.69) is 32.2 Å². The molecule has 2 heterocycles. The highest BCUT2D eigenvalue weighted by Gasteiger charge is 2.01. The van der Waals surface area contributed by atoms with Crippen molar-refractivity contribution in [2.75, 3.05) is 11.9 Å². The molecule has 0 aliphatic rings. The molecule has 0 saturated carbocycles. The number of aromatic nitrogens is 4. The fourth-order valence-electron chi connectivity index (χ4n) is 1.37. The van der Waals surface area contributed by atoms with Gasteiger partial charge in [0.25, 0.3) is 0 Å². The van der Waals surface area contributed by atoms with E-state index in [0.717, 1.165) is 41.0 Å². The third kappa shape index (κ3) is 4.48. The SMILES string of the molecule is CCCNc1cnc(CSc2ncc(C)cn2)cn1. The molecule has 0 fully saturated rings. The zero-order valence-electron chi connectivity index (χ0n) is 11.1. The van der Waals surface area contributed by atoms with Crippen LogP contribution in [-0.4, -0.2) is 26.5 Å². The first kappa shape index (κ1) is 13.7. The van der Waals surface area contributed by atoms with Crippen LogP contribution in [0.5, 0.6) is 0 Å². The summed E-state index contributed by atoms with van der Waals surface area (Å²) in [6.07, 6.45) is 8.27. The molecular weight excluding hydrogens is 258 g/mol. The van der Waals surface area contributed by atoms with E-state index in [-0.39, 0.29) is 0 Å². The highest BCUT2D eigenvalue weighted by molar-refractivity contribution is 7.98. The van der Waals surface area contributed by atoms with E-state index < -0.39 is 0 Å². The molecule has 0 unspecified atom stereocenters. The number of hydrogen-bond acceptors (Lipinski definition) is 6. The van der Waals surface area contributed by atoms with E-state index in [9.17, 15) is 0 Å². The monoisotopic (exact) mass is 275 g/mol. The molecule has 0 saturated heterocycles. The van der Waals surface area contributed by atoms with Crippen LogP contribution in [0.3, 0.4) is 0 Å². The Labute approximate surface area is 117 Å². The zero-order chi connectivity index (χ0) is 13.5. The summed E-state index contributed by atoms with van der Waals surface area (Å²) in [5.41, 5.74) is 1.99. The highest BCUT2D eigenvalue weighted by Crippen LogP contribution is 2.17. The van der Waals surface area contributed by atoms with Gasteiger partial charge >= 0.3 is 0 Å². The molecule has 0 aromatic carbocycles. The van der Waals surface area contributed by atoms with Gasteiger partial charge in [-0.05, 0) is 18.9 Å². The lowest BCUT2D eigenvalue weighted by Crippen LogP contribution is -2.03. The van der Waals surface area contributed by atoms with Gasteiger partial charge in [0.15, 0.2) is 5.16 Å². The standard InChI is InChI=1S/C13H17N5S/c1-3-4-14-12-8-15-11(7-16-12)9-19-13-17-5-10(2)6-18-13/h5-8H,3-4,9H2,1-2H3,(H,14,16). The van der Waals surface area contributed by atoms with Gasteiger partial charge < -0.3 is 5.32 Å². The summed E-state index contributed by atoms with van der Waals surface area (Å²) >= 11 is 1.56. The normalized spacial score (nSPS) is 10.4. The molecule has 5 nitrogen and oxygen atoms in total. The van der Waals surface area contributed by atoms with Crippen LogP contribution >= 0.6 is 11.8 Å². The summed E-state index contributed by atoms with van der Waals surface area (Å²) in [4.78, 5) is 17.2. The van der Waals surface area contributed by atoms with Crippen molar-refractivity contribution in [2.45, 2.75) is 31.2 Å². The van der Waals surface area contributed by atoms with Crippen molar-refractivity contribution >= 4 is 17.6 Å². The third-order valence-electron chi connectivity index (χ3n) is 2.37. The number of hydrogen-bond donors (Lipinski definition) is 1. The van der Waals surface area contributed by atoms with Crippen LogP contribution in [0.25, 0.3) is 0 Å². The van der Waals surface area contributed by atoms with Crippen LogP contribution in [-0.2, 0) is 5.75 Å². The first-order valence-corrected chi connectivity index (χ1v) is 7.22. The minimum absolute atomic E-state index is 0.726. The summed E-state index contributed by atoms with van der Waals surface area (Å²) < 4.78 is 0. The van der Waals surface area contributed by atoms with Gasteiger partial charge in [0, 0.05) is 24.7 Å². The van der Waals surface area contributed by atoms with E-state index >= 15 is 0 Å². The number of thioether (sulfide) groups is 1. The zero-order valence-corrected chi connectivity index (χ0v) is 11.9. The Kier molecular flexibility index (Phi) is 5.09. The molecule has 0 aliphatic carbocycles. The van der Waals surface area contributed by atoms with Crippen molar-refractivity contribution in [3.63, 3.8) is 0 Å². The van der Waals surface area contributed by atoms with E-state index in [0.29, 0.717) is 0 Å². The van der Waals surface area contributed by atoms with Crippen LogP contribution in [0.4, 0.5) is 5.82 Å². The van der Waals surface area contributed by atoms with Crippen LogP contribution in [0.2, 0.25) is 0 Å². The summed E-state index contributed by atoms with van der Waals surface area (Å²) in [5.74, 6) is 1.55. The maximum Gasteiger partial charge on any atom is 0.187 e. The van der Waals surface area contributed by atoms with Crippen molar-refractivity contribution in [3.05, 3.63) is 36.0 Å². The second-order valence-electron chi connectivity index (χ2n) is 4.15. The van der Waals surface area contributed by atoms with Gasteiger partial charge in [0.05, 0.1) is 18.1 Å². The third-order valence-corrected chi connectivity index (χ3v) is 3.28. The van der Waals surface area contributed by atoms with Crippen LogP contribution in [0.15, 0.2) is 29.9 Å². The summed E-state index contributed by atoms with van der Waals surface area (Å²) in [5, 5.41) is 3.96. The van der Waals surface area contributed by atoms with Crippen molar-refractivity contribution in [1.82, 2.24) is 19.9 Å². The molecule has 2 aromatic rings. The first-order chi connectivity index (χ1) is 9.28. The largest absolute Gasteiger partial charge is 0.369 e. The fraction of sp³-hybridized carbons (Fsp3) is 0.385. The van der Waals surface area contributed by atoms with E-state index in [1.54, 1.807) is 24.2 Å². The van der Waals surface area contributed by atoms with Crippen LogP contribution in [0, 0.1) is 6.92 Å². The highest BCUT2D eigenvalue weighted by atomic mass is 32.2. The molecule has 0 bridgehead atoms. The molecule has 0 radical (unpaired) electrons. The predicted octanol–water partition coefficient (Wildman–Crippen LogP) is 2.69. The van der Waals surface area contributed by atoms with Gasteiger partial charge in [-0.2, -0.15) is 0 Å². The molecule has 0 aliphatic heterocycles. The van der Waals surface area contributed by atoms with Crippen LogP contribution < -0.4 is 5.32 Å². The minimum atomic E-state index is 0.726. The molecule has 1 N–H and O–H groups in total. The Bertz CT molecular complexity index is 497. The topological polar surface area (TPSA) is 63.6 Å². The molecule has 19 heavy (non-hydrogen) atoms.